The summed E-state index contributed by atoms with van der Waals surface area (Å²) in [5.74, 6) is -2.75. The molecule has 2 aliphatic carbocycles. The number of ether oxygens (including phenoxy) is 2. The third-order valence-corrected chi connectivity index (χ3v) is 7.66. The van der Waals surface area contributed by atoms with Gasteiger partial charge in [0.15, 0.2) is 17.3 Å². The number of halogens is 3. The first-order chi connectivity index (χ1) is 17.3. The first-order valence-electron chi connectivity index (χ1n) is 12.5. The van der Waals surface area contributed by atoms with Crippen molar-refractivity contribution in [1.29, 1.82) is 0 Å². The van der Waals surface area contributed by atoms with Gasteiger partial charge < -0.3 is 19.7 Å². The minimum absolute atomic E-state index is 0.0391. The molecule has 10 heteroatoms. The molecule has 2 amide bonds. The van der Waals surface area contributed by atoms with E-state index in [4.69, 9.17) is 9.47 Å². The number of hydrogen-bond acceptors (Lipinski definition) is 5. The minimum atomic E-state index is -5.24. The van der Waals surface area contributed by atoms with Crippen molar-refractivity contribution in [2.24, 2.45) is 11.3 Å². The summed E-state index contributed by atoms with van der Waals surface area (Å²) in [5, 5.41) is 1.98. The van der Waals surface area contributed by atoms with Crippen molar-refractivity contribution in [1.82, 2.24) is 10.2 Å². The molecule has 1 saturated carbocycles. The second-order valence-electron chi connectivity index (χ2n) is 11.0. The normalized spacial score (nSPS) is 24.2. The molecule has 0 bridgehead atoms. The average Bonchev–Trinajstić information content (AvgIpc) is 3.06. The summed E-state index contributed by atoms with van der Waals surface area (Å²) in [6.07, 6.45) is -0.696. The van der Waals surface area contributed by atoms with E-state index in [-0.39, 0.29) is 48.1 Å². The monoisotopic (exact) mass is 522 g/mol. The number of methoxy groups -OCH3 is 2. The molecule has 0 spiro atoms. The van der Waals surface area contributed by atoms with Gasteiger partial charge in [0.05, 0.1) is 19.8 Å². The average molecular weight is 523 g/mol. The number of Topliss-reactive ketones (excluding diaryl/α,β-unsaturated/α-hetero) is 1. The molecule has 7 nitrogen and oxygen atoms in total. The van der Waals surface area contributed by atoms with Gasteiger partial charge in [0.1, 0.15) is 0 Å². The Morgan fingerprint density at radius 3 is 2.30 bits per heavy atom. The molecule has 1 N–H and O–H groups in total. The molecule has 0 aromatic heterocycles. The summed E-state index contributed by atoms with van der Waals surface area (Å²) < 4.78 is 55.3. The highest BCUT2D eigenvalue weighted by atomic mass is 19.4. The van der Waals surface area contributed by atoms with Crippen molar-refractivity contribution < 1.29 is 37.0 Å². The van der Waals surface area contributed by atoms with Crippen LogP contribution < -0.4 is 14.8 Å². The molecule has 1 aromatic rings. The standard InChI is InChI=1S/C27H33F3N2O5/c1-25(2)13-18-22(19(33)14-25)26(27(28,29)30,24(35)32(18)15-16-8-6-5-7-9-16)31-23(34)17-10-11-20(36-3)21(12-17)37-4/h10-12,16H,5-9,13-15H2,1-4H3,(H,31,34). The van der Waals surface area contributed by atoms with Gasteiger partial charge in [0.25, 0.3) is 11.8 Å². The molecule has 1 aromatic carbocycles. The number of carbonyl (C=O) groups is 3. The quantitative estimate of drug-likeness (QED) is 0.580. The van der Waals surface area contributed by atoms with Gasteiger partial charge in [0, 0.05) is 24.2 Å². The van der Waals surface area contributed by atoms with E-state index < -0.39 is 40.3 Å². The zero-order valence-electron chi connectivity index (χ0n) is 21.6. The summed E-state index contributed by atoms with van der Waals surface area (Å²) in [7, 11) is 2.72. The van der Waals surface area contributed by atoms with Crippen molar-refractivity contribution in [2.45, 2.75) is 70.5 Å². The second kappa shape index (κ2) is 9.68. The van der Waals surface area contributed by atoms with Crippen molar-refractivity contribution in [2.75, 3.05) is 20.8 Å². The highest BCUT2D eigenvalue weighted by Gasteiger charge is 2.71. The van der Waals surface area contributed by atoms with Crippen LogP contribution in [0.25, 0.3) is 0 Å². The predicted octanol–water partition coefficient (Wildman–Crippen LogP) is 4.80. The Morgan fingerprint density at radius 2 is 1.70 bits per heavy atom. The first kappa shape index (κ1) is 27.0. The molecule has 1 aliphatic heterocycles. The number of nitrogens with zero attached hydrogens (tertiary/aromatic N) is 1. The van der Waals surface area contributed by atoms with Gasteiger partial charge in [-0.3, -0.25) is 14.4 Å². The van der Waals surface area contributed by atoms with Crippen LogP contribution in [0.3, 0.4) is 0 Å². The number of carbonyl (C=O) groups excluding carboxylic acids is 3. The topological polar surface area (TPSA) is 84.9 Å². The highest BCUT2D eigenvalue weighted by Crippen LogP contribution is 2.52. The molecular weight excluding hydrogens is 489 g/mol. The number of nitrogens with one attached hydrogen (secondary N) is 1. The maximum absolute atomic E-state index is 15.0. The Hall–Kier alpha value is -3.04. The number of ketones is 1. The molecule has 0 radical (unpaired) electrons. The van der Waals surface area contributed by atoms with Gasteiger partial charge in [-0.1, -0.05) is 33.1 Å². The van der Waals surface area contributed by atoms with Crippen LogP contribution in [0, 0.1) is 11.3 Å². The van der Waals surface area contributed by atoms with Crippen LogP contribution in [0.2, 0.25) is 0 Å². The third-order valence-electron chi connectivity index (χ3n) is 7.66. The Bertz CT molecular complexity index is 1140. The molecular formula is C27H33F3N2O5. The second-order valence-corrected chi connectivity index (χ2v) is 11.0. The van der Waals surface area contributed by atoms with E-state index in [2.05, 4.69) is 0 Å². The van der Waals surface area contributed by atoms with E-state index >= 15 is 13.2 Å². The maximum Gasteiger partial charge on any atom is 0.425 e. The maximum atomic E-state index is 15.0. The zero-order valence-corrected chi connectivity index (χ0v) is 21.6. The molecule has 1 atom stereocenters. The van der Waals surface area contributed by atoms with Crippen LogP contribution >= 0.6 is 0 Å². The molecule has 3 aliphatic rings. The van der Waals surface area contributed by atoms with E-state index in [0.29, 0.717) is 0 Å². The zero-order chi connectivity index (χ0) is 27.2. The predicted molar refractivity (Wildman–Crippen MR) is 129 cm³/mol. The summed E-state index contributed by atoms with van der Waals surface area (Å²) in [6, 6.07) is 3.90. The Balaban J connectivity index is 1.81. The lowest BCUT2D eigenvalue weighted by atomic mass is 9.72. The molecule has 1 unspecified atom stereocenters. The number of allylic oxidation sites excluding steroid dienone is 1. The van der Waals surface area contributed by atoms with Crippen LogP contribution in [0.4, 0.5) is 13.2 Å². The largest absolute Gasteiger partial charge is 0.493 e. The van der Waals surface area contributed by atoms with E-state index in [1.807, 2.05) is 5.32 Å². The van der Waals surface area contributed by atoms with Crippen LogP contribution in [-0.2, 0) is 9.59 Å². The summed E-state index contributed by atoms with van der Waals surface area (Å²) in [6.45, 7) is 3.70. The smallest absolute Gasteiger partial charge is 0.425 e. The summed E-state index contributed by atoms with van der Waals surface area (Å²) >= 11 is 0. The summed E-state index contributed by atoms with van der Waals surface area (Å²) in [5.41, 5.74) is -4.79. The van der Waals surface area contributed by atoms with E-state index in [9.17, 15) is 14.4 Å². The van der Waals surface area contributed by atoms with Crippen molar-refractivity contribution >= 4 is 17.6 Å². The van der Waals surface area contributed by atoms with E-state index in [1.54, 1.807) is 13.8 Å². The summed E-state index contributed by atoms with van der Waals surface area (Å²) in [4.78, 5) is 41.5. The fourth-order valence-corrected chi connectivity index (χ4v) is 5.87. The molecule has 0 saturated heterocycles. The Kier molecular flexibility index (Phi) is 7.07. The number of hydrogen-bond donors (Lipinski definition) is 1. The van der Waals surface area contributed by atoms with Crippen LogP contribution in [0.1, 0.15) is 69.2 Å². The lowest BCUT2D eigenvalue weighted by Gasteiger charge is -2.35. The number of benzene rings is 1. The molecule has 202 valence electrons. The third kappa shape index (κ3) is 4.70. The highest BCUT2D eigenvalue weighted by molar-refractivity contribution is 6.14. The van der Waals surface area contributed by atoms with Gasteiger partial charge in [-0.25, -0.2) is 0 Å². The molecule has 1 fully saturated rings. The fraction of sp³-hybridized carbons (Fsp3) is 0.593. The minimum Gasteiger partial charge on any atom is -0.493 e. The van der Waals surface area contributed by atoms with Gasteiger partial charge in [-0.05, 0) is 48.8 Å². The van der Waals surface area contributed by atoms with Crippen molar-refractivity contribution in [3.05, 3.63) is 35.0 Å². The number of amides is 2. The SMILES string of the molecule is COc1ccc(C(=O)NC2(C(F)(F)F)C(=O)N(CC3CCCCC3)C3=C2C(=O)CC(C)(C)C3)cc1OC. The number of rotatable bonds is 6. The van der Waals surface area contributed by atoms with E-state index in [1.165, 1.54) is 32.4 Å². The van der Waals surface area contributed by atoms with Crippen molar-refractivity contribution in [3.63, 3.8) is 0 Å². The molecule has 1 heterocycles. The lowest BCUT2D eigenvalue weighted by molar-refractivity contribution is -0.190. The Labute approximate surface area is 214 Å². The Morgan fingerprint density at radius 1 is 1.05 bits per heavy atom. The number of alkyl halides is 3. The fourth-order valence-electron chi connectivity index (χ4n) is 5.87. The van der Waals surface area contributed by atoms with Crippen LogP contribution in [-0.4, -0.2) is 55.0 Å². The van der Waals surface area contributed by atoms with Gasteiger partial charge in [0.2, 0.25) is 5.54 Å². The van der Waals surface area contributed by atoms with Crippen LogP contribution in [0.5, 0.6) is 11.5 Å². The molecule has 4 rings (SSSR count). The van der Waals surface area contributed by atoms with Gasteiger partial charge >= 0.3 is 6.18 Å². The first-order valence-corrected chi connectivity index (χ1v) is 12.5. The van der Waals surface area contributed by atoms with E-state index in [0.717, 1.165) is 37.0 Å². The van der Waals surface area contributed by atoms with Gasteiger partial charge in [-0.2, -0.15) is 13.2 Å². The van der Waals surface area contributed by atoms with Crippen LogP contribution in [0.15, 0.2) is 29.5 Å². The molecule has 37 heavy (non-hydrogen) atoms. The van der Waals surface area contributed by atoms with Gasteiger partial charge in [-0.15, -0.1) is 0 Å². The van der Waals surface area contributed by atoms with Crippen molar-refractivity contribution in [3.8, 4) is 11.5 Å². The lowest BCUT2D eigenvalue weighted by Crippen LogP contribution is -2.66.